The lowest BCUT2D eigenvalue weighted by Gasteiger charge is -2.08. The second-order valence-corrected chi connectivity index (χ2v) is 4.47. The van der Waals surface area contributed by atoms with Gasteiger partial charge in [0, 0.05) is 18.2 Å². The van der Waals surface area contributed by atoms with Crippen LogP contribution in [0.3, 0.4) is 0 Å². The Morgan fingerprint density at radius 3 is 3.05 bits per heavy atom. The van der Waals surface area contributed by atoms with Crippen molar-refractivity contribution >= 4 is 11.6 Å². The highest BCUT2D eigenvalue weighted by atomic mass is 16.2. The second-order valence-electron chi connectivity index (χ2n) is 4.47. The number of carbonyl (C=O) groups excluding carboxylic acids is 1. The summed E-state index contributed by atoms with van der Waals surface area (Å²) in [6.45, 7) is 2.19. The van der Waals surface area contributed by atoms with Crippen molar-refractivity contribution in [1.82, 2.24) is 15.0 Å². The summed E-state index contributed by atoms with van der Waals surface area (Å²) >= 11 is 0. The zero-order valence-corrected chi connectivity index (χ0v) is 11.7. The number of rotatable bonds is 4. The molecule has 1 heterocycles. The number of aliphatic hydroxyl groups excluding tert-OH is 1. The Balaban J connectivity index is 2.03. The summed E-state index contributed by atoms with van der Waals surface area (Å²) in [6.07, 6.45) is 3.57. The van der Waals surface area contributed by atoms with Crippen LogP contribution in [0.15, 0.2) is 30.6 Å². The monoisotopic (exact) mass is 284 g/mol. The Bertz CT molecular complexity index is 669. The van der Waals surface area contributed by atoms with Crippen LogP contribution in [0.4, 0.5) is 5.69 Å². The molecule has 21 heavy (non-hydrogen) atoms. The highest BCUT2D eigenvalue weighted by Gasteiger charge is 2.07. The minimum Gasteiger partial charge on any atom is -0.384 e. The third-order valence-electron chi connectivity index (χ3n) is 2.79. The van der Waals surface area contributed by atoms with E-state index in [-0.39, 0.29) is 12.5 Å². The summed E-state index contributed by atoms with van der Waals surface area (Å²) in [5.41, 5.74) is 2.36. The maximum absolute atomic E-state index is 12.0. The van der Waals surface area contributed by atoms with E-state index in [1.807, 2.05) is 25.1 Å². The van der Waals surface area contributed by atoms with Crippen molar-refractivity contribution in [3.63, 3.8) is 0 Å². The van der Waals surface area contributed by atoms with Crippen molar-refractivity contribution in [3.05, 3.63) is 41.7 Å². The minimum absolute atomic E-state index is 0.122. The van der Waals surface area contributed by atoms with Crippen molar-refractivity contribution in [2.24, 2.45) is 0 Å². The fourth-order valence-electron chi connectivity index (χ4n) is 1.79. The van der Waals surface area contributed by atoms with E-state index in [2.05, 4.69) is 27.5 Å². The van der Waals surface area contributed by atoms with Gasteiger partial charge in [0.2, 0.25) is 5.91 Å². The van der Waals surface area contributed by atoms with Crippen LogP contribution in [0, 0.1) is 18.8 Å². The quantitative estimate of drug-likeness (QED) is 0.820. The molecule has 6 nitrogen and oxygen atoms in total. The molecule has 0 aliphatic rings. The van der Waals surface area contributed by atoms with Gasteiger partial charge in [0.25, 0.3) is 0 Å². The van der Waals surface area contributed by atoms with Gasteiger partial charge in [-0.3, -0.25) is 9.48 Å². The summed E-state index contributed by atoms with van der Waals surface area (Å²) in [6, 6.07) is 5.59. The van der Waals surface area contributed by atoms with Gasteiger partial charge in [0.15, 0.2) is 0 Å². The molecular weight excluding hydrogens is 268 g/mol. The molecule has 0 spiro atoms. The average molecular weight is 284 g/mol. The van der Waals surface area contributed by atoms with E-state index < -0.39 is 0 Å². The van der Waals surface area contributed by atoms with Crippen LogP contribution >= 0.6 is 0 Å². The van der Waals surface area contributed by atoms with Crippen LogP contribution in [-0.4, -0.2) is 32.6 Å². The molecule has 1 aromatic heterocycles. The van der Waals surface area contributed by atoms with E-state index in [0.717, 1.165) is 5.56 Å². The van der Waals surface area contributed by atoms with Crippen LogP contribution in [0.1, 0.15) is 17.5 Å². The number of aromatic nitrogens is 3. The number of anilines is 1. The predicted octanol–water partition coefficient (Wildman–Crippen LogP) is 0.959. The molecule has 0 bridgehead atoms. The molecule has 0 fully saturated rings. The number of hydrogen-bond donors (Lipinski definition) is 2. The number of hydrogen-bond acceptors (Lipinski definition) is 4. The summed E-state index contributed by atoms with van der Waals surface area (Å²) in [4.78, 5) is 12.0. The first-order valence-electron chi connectivity index (χ1n) is 6.53. The molecule has 1 aromatic carbocycles. The Morgan fingerprint density at radius 2 is 2.33 bits per heavy atom. The fourth-order valence-corrected chi connectivity index (χ4v) is 1.79. The van der Waals surface area contributed by atoms with E-state index in [1.54, 1.807) is 17.1 Å². The highest BCUT2D eigenvalue weighted by molar-refractivity contribution is 5.92. The summed E-state index contributed by atoms with van der Waals surface area (Å²) < 4.78 is 1.60. The lowest BCUT2D eigenvalue weighted by Crippen LogP contribution is -2.15. The minimum atomic E-state index is -0.215. The van der Waals surface area contributed by atoms with Crippen molar-refractivity contribution in [2.45, 2.75) is 19.9 Å². The van der Waals surface area contributed by atoms with E-state index in [4.69, 9.17) is 5.11 Å². The molecule has 0 saturated heterocycles. The number of amides is 1. The van der Waals surface area contributed by atoms with Crippen LogP contribution in [0.25, 0.3) is 0 Å². The smallest absolute Gasteiger partial charge is 0.226 e. The zero-order chi connectivity index (χ0) is 15.1. The van der Waals surface area contributed by atoms with E-state index in [1.165, 1.54) is 0 Å². The molecule has 0 aliphatic carbocycles. The van der Waals surface area contributed by atoms with Crippen LogP contribution in [0.5, 0.6) is 0 Å². The van der Waals surface area contributed by atoms with Gasteiger partial charge < -0.3 is 10.4 Å². The topological polar surface area (TPSA) is 80.0 Å². The molecule has 0 atom stereocenters. The van der Waals surface area contributed by atoms with Crippen LogP contribution in [-0.2, 0) is 11.3 Å². The molecule has 0 aliphatic heterocycles. The van der Waals surface area contributed by atoms with Gasteiger partial charge in [0.05, 0.1) is 18.4 Å². The largest absolute Gasteiger partial charge is 0.384 e. The summed E-state index contributed by atoms with van der Waals surface area (Å²) in [7, 11) is 0. The molecular formula is C15H16N4O2. The number of benzene rings is 1. The molecule has 6 heteroatoms. The third-order valence-corrected chi connectivity index (χ3v) is 2.79. The molecule has 0 radical (unpaired) electrons. The Hall–Kier alpha value is -2.65. The van der Waals surface area contributed by atoms with Crippen LogP contribution in [0.2, 0.25) is 0 Å². The van der Waals surface area contributed by atoms with Crippen molar-refractivity contribution in [2.75, 3.05) is 11.9 Å². The van der Waals surface area contributed by atoms with Crippen molar-refractivity contribution < 1.29 is 9.90 Å². The van der Waals surface area contributed by atoms with Gasteiger partial charge in [0.1, 0.15) is 6.61 Å². The molecule has 0 saturated carbocycles. The Labute approximate surface area is 122 Å². The average Bonchev–Trinajstić information content (AvgIpc) is 2.98. The maximum atomic E-state index is 12.0. The summed E-state index contributed by atoms with van der Waals surface area (Å²) in [5, 5.41) is 19.1. The van der Waals surface area contributed by atoms with E-state index in [0.29, 0.717) is 24.2 Å². The number of aliphatic hydroxyl groups is 1. The fraction of sp³-hybridized carbons (Fsp3) is 0.267. The zero-order valence-electron chi connectivity index (χ0n) is 11.7. The highest BCUT2D eigenvalue weighted by Crippen LogP contribution is 2.17. The lowest BCUT2D eigenvalue weighted by molar-refractivity contribution is -0.116. The molecule has 0 unspecified atom stereocenters. The van der Waals surface area contributed by atoms with Gasteiger partial charge in [-0.2, -0.15) is 0 Å². The first kappa shape index (κ1) is 14.8. The van der Waals surface area contributed by atoms with Gasteiger partial charge in [-0.25, -0.2) is 0 Å². The molecule has 2 rings (SSSR count). The normalized spacial score (nSPS) is 9.81. The molecule has 2 N–H and O–H groups in total. The van der Waals surface area contributed by atoms with Gasteiger partial charge >= 0.3 is 0 Å². The maximum Gasteiger partial charge on any atom is 0.226 e. The van der Waals surface area contributed by atoms with E-state index in [9.17, 15) is 4.79 Å². The first-order chi connectivity index (χ1) is 10.2. The van der Waals surface area contributed by atoms with Crippen molar-refractivity contribution in [1.29, 1.82) is 0 Å². The predicted molar refractivity (Wildman–Crippen MR) is 78.4 cm³/mol. The standard InChI is InChI=1S/C15H16N4O2/c1-12-4-5-13(3-2-10-20)14(11-12)17-15(21)6-8-19-9-7-16-18-19/h4-5,7,9,11,20H,6,8,10H2,1H3,(H,17,21). The van der Waals surface area contributed by atoms with E-state index >= 15 is 0 Å². The molecule has 2 aromatic rings. The Kier molecular flexibility index (Phi) is 5.07. The third kappa shape index (κ3) is 4.44. The van der Waals surface area contributed by atoms with Crippen LogP contribution < -0.4 is 5.32 Å². The van der Waals surface area contributed by atoms with Gasteiger partial charge in [-0.1, -0.05) is 23.1 Å². The van der Waals surface area contributed by atoms with Gasteiger partial charge in [-0.15, -0.1) is 5.10 Å². The van der Waals surface area contributed by atoms with Crippen molar-refractivity contribution in [3.8, 4) is 11.8 Å². The molecule has 1 amide bonds. The summed E-state index contributed by atoms with van der Waals surface area (Å²) in [5.74, 6) is 5.28. The SMILES string of the molecule is Cc1ccc(C#CCO)c(NC(=O)CCn2ccnn2)c1. The number of carbonyl (C=O) groups is 1. The molecule has 108 valence electrons. The number of nitrogens with zero attached hydrogens (tertiary/aromatic N) is 3. The Morgan fingerprint density at radius 1 is 1.48 bits per heavy atom. The number of nitrogens with one attached hydrogen (secondary N) is 1. The number of aryl methyl sites for hydroxylation is 2. The lowest BCUT2D eigenvalue weighted by atomic mass is 10.1. The first-order valence-corrected chi connectivity index (χ1v) is 6.53. The van der Waals surface area contributed by atoms with Gasteiger partial charge in [-0.05, 0) is 24.6 Å². The second kappa shape index (κ2) is 7.22.